The number of ether oxygens (including phenoxy) is 3. The molecule has 0 aromatic heterocycles. The molecule has 0 aliphatic rings. The van der Waals surface area contributed by atoms with Crippen molar-refractivity contribution < 1.29 is 28.6 Å². The molecule has 0 amide bonds. The van der Waals surface area contributed by atoms with Crippen molar-refractivity contribution in [2.75, 3.05) is 13.2 Å². The second kappa shape index (κ2) is 57.0. The summed E-state index contributed by atoms with van der Waals surface area (Å²) in [5.41, 5.74) is 0. The Balaban J connectivity index is 4.35. The van der Waals surface area contributed by atoms with Crippen LogP contribution >= 0.6 is 0 Å². The first kappa shape index (κ1) is 65.4. The molecule has 0 fully saturated rings. The molecule has 6 nitrogen and oxygen atoms in total. The number of unbranched alkanes of at least 4 members (excludes halogenated alkanes) is 35. The summed E-state index contributed by atoms with van der Waals surface area (Å²) in [6.45, 7) is 6.63. The number of carbonyl (C=O) groups is 3. The van der Waals surface area contributed by atoms with E-state index >= 15 is 0 Å². The van der Waals surface area contributed by atoms with Crippen LogP contribution in [0.4, 0.5) is 0 Å². The van der Waals surface area contributed by atoms with Crippen LogP contribution in [0.5, 0.6) is 0 Å². The van der Waals surface area contributed by atoms with Crippen molar-refractivity contribution in [3.63, 3.8) is 0 Å². The van der Waals surface area contributed by atoms with Gasteiger partial charge in [0.05, 0.1) is 0 Å². The number of hydrogen-bond acceptors (Lipinski definition) is 6. The Morgan fingerprint density at radius 2 is 0.529 bits per heavy atom. The normalized spacial score (nSPS) is 12.3. The third kappa shape index (κ3) is 54.3. The molecule has 0 aromatic rings. The average molecular weight is 954 g/mol. The van der Waals surface area contributed by atoms with Crippen LogP contribution in [0.15, 0.2) is 48.6 Å². The summed E-state index contributed by atoms with van der Waals surface area (Å²) in [6, 6.07) is 0. The summed E-state index contributed by atoms with van der Waals surface area (Å²) >= 11 is 0. The van der Waals surface area contributed by atoms with Gasteiger partial charge in [-0.3, -0.25) is 14.4 Å². The van der Waals surface area contributed by atoms with Crippen LogP contribution in [0.3, 0.4) is 0 Å². The summed E-state index contributed by atoms with van der Waals surface area (Å²) in [5.74, 6) is -0.875. The molecule has 0 radical (unpaired) electrons. The molecule has 0 saturated carbocycles. The SMILES string of the molecule is CCCCC/C=C\C/C=C\C/C=C\CCCCCCCCC(=O)OCC(COC(=O)CCCCCCCCCCCCCC)OC(=O)CCCCCCCCCCC/C=C\CCCCCCCC. The molecule has 396 valence electrons. The first-order chi connectivity index (χ1) is 33.5. The quantitative estimate of drug-likeness (QED) is 0.0262. The monoisotopic (exact) mass is 953 g/mol. The zero-order chi connectivity index (χ0) is 49.3. The Labute approximate surface area is 422 Å². The molecule has 0 aliphatic heterocycles. The zero-order valence-electron chi connectivity index (χ0n) is 45.4. The number of rotatable bonds is 54. The molecule has 1 atom stereocenters. The van der Waals surface area contributed by atoms with Crippen LogP contribution in [0.2, 0.25) is 0 Å². The second-order valence-electron chi connectivity index (χ2n) is 19.9. The van der Waals surface area contributed by atoms with E-state index in [0.717, 1.165) is 77.0 Å². The average Bonchev–Trinajstić information content (AvgIpc) is 3.34. The van der Waals surface area contributed by atoms with Crippen molar-refractivity contribution in [2.24, 2.45) is 0 Å². The van der Waals surface area contributed by atoms with Gasteiger partial charge >= 0.3 is 17.9 Å². The highest BCUT2D eigenvalue weighted by atomic mass is 16.6. The van der Waals surface area contributed by atoms with E-state index in [9.17, 15) is 14.4 Å². The molecule has 0 aliphatic carbocycles. The van der Waals surface area contributed by atoms with E-state index in [1.54, 1.807) is 0 Å². The van der Waals surface area contributed by atoms with Crippen molar-refractivity contribution in [2.45, 2.75) is 316 Å². The van der Waals surface area contributed by atoms with E-state index in [1.165, 1.54) is 193 Å². The van der Waals surface area contributed by atoms with E-state index < -0.39 is 6.10 Å². The molecule has 0 rings (SSSR count). The smallest absolute Gasteiger partial charge is 0.306 e. The minimum atomic E-state index is -0.777. The van der Waals surface area contributed by atoms with E-state index in [1.807, 2.05) is 0 Å². The van der Waals surface area contributed by atoms with Gasteiger partial charge in [-0.2, -0.15) is 0 Å². The Morgan fingerprint density at radius 1 is 0.294 bits per heavy atom. The predicted octanol–water partition coefficient (Wildman–Crippen LogP) is 19.8. The van der Waals surface area contributed by atoms with Crippen molar-refractivity contribution >= 4 is 17.9 Å². The number of hydrogen-bond donors (Lipinski definition) is 0. The second-order valence-corrected chi connectivity index (χ2v) is 19.9. The van der Waals surface area contributed by atoms with E-state index in [0.29, 0.717) is 19.3 Å². The number of allylic oxidation sites excluding steroid dienone is 8. The predicted molar refractivity (Wildman–Crippen MR) is 293 cm³/mol. The maximum absolute atomic E-state index is 12.9. The fourth-order valence-electron chi connectivity index (χ4n) is 8.56. The minimum Gasteiger partial charge on any atom is -0.462 e. The highest BCUT2D eigenvalue weighted by Crippen LogP contribution is 2.16. The lowest BCUT2D eigenvalue weighted by Crippen LogP contribution is -2.30. The van der Waals surface area contributed by atoms with Gasteiger partial charge in [0.15, 0.2) is 6.10 Å². The van der Waals surface area contributed by atoms with Crippen molar-refractivity contribution in [1.29, 1.82) is 0 Å². The fourth-order valence-corrected chi connectivity index (χ4v) is 8.56. The Kier molecular flexibility index (Phi) is 54.8. The lowest BCUT2D eigenvalue weighted by Gasteiger charge is -2.18. The molecule has 1 unspecified atom stereocenters. The van der Waals surface area contributed by atoms with Gasteiger partial charge in [0, 0.05) is 19.3 Å². The molecular formula is C62H112O6. The molecule has 0 heterocycles. The van der Waals surface area contributed by atoms with Gasteiger partial charge in [-0.1, -0.05) is 256 Å². The van der Waals surface area contributed by atoms with Gasteiger partial charge < -0.3 is 14.2 Å². The molecule has 6 heteroatoms. The molecule has 0 aromatic carbocycles. The lowest BCUT2D eigenvalue weighted by atomic mass is 10.0. The summed E-state index contributed by atoms with van der Waals surface area (Å²) in [7, 11) is 0. The highest BCUT2D eigenvalue weighted by molar-refractivity contribution is 5.71. The summed E-state index contributed by atoms with van der Waals surface area (Å²) in [4.78, 5) is 38.2. The third-order valence-electron chi connectivity index (χ3n) is 13.1. The fraction of sp³-hybridized carbons (Fsp3) is 0.823. The van der Waals surface area contributed by atoms with Crippen LogP contribution in [-0.2, 0) is 28.6 Å². The maximum atomic E-state index is 12.9. The van der Waals surface area contributed by atoms with Gasteiger partial charge in [-0.25, -0.2) is 0 Å². The molecule has 0 bridgehead atoms. The summed E-state index contributed by atoms with van der Waals surface area (Å²) < 4.78 is 16.9. The summed E-state index contributed by atoms with van der Waals surface area (Å²) in [6.07, 6.45) is 69.5. The third-order valence-corrected chi connectivity index (χ3v) is 13.1. The van der Waals surface area contributed by atoms with Gasteiger partial charge in [0.2, 0.25) is 0 Å². The Bertz CT molecular complexity index is 1190. The van der Waals surface area contributed by atoms with Gasteiger partial charge in [0.25, 0.3) is 0 Å². The van der Waals surface area contributed by atoms with E-state index in [-0.39, 0.29) is 31.1 Å². The first-order valence-electron chi connectivity index (χ1n) is 29.6. The van der Waals surface area contributed by atoms with Gasteiger partial charge in [-0.05, 0) is 83.5 Å². The Hall–Kier alpha value is -2.63. The Morgan fingerprint density at radius 3 is 0.868 bits per heavy atom. The molecular weight excluding hydrogens is 841 g/mol. The molecule has 0 spiro atoms. The lowest BCUT2D eigenvalue weighted by molar-refractivity contribution is -0.167. The first-order valence-corrected chi connectivity index (χ1v) is 29.6. The zero-order valence-corrected chi connectivity index (χ0v) is 45.4. The minimum absolute atomic E-state index is 0.0751. The van der Waals surface area contributed by atoms with Crippen LogP contribution in [0.25, 0.3) is 0 Å². The molecule has 0 N–H and O–H groups in total. The van der Waals surface area contributed by atoms with Crippen LogP contribution in [0.1, 0.15) is 310 Å². The largest absolute Gasteiger partial charge is 0.462 e. The van der Waals surface area contributed by atoms with Crippen molar-refractivity contribution in [1.82, 2.24) is 0 Å². The van der Waals surface area contributed by atoms with E-state index in [4.69, 9.17) is 14.2 Å². The number of esters is 3. The maximum Gasteiger partial charge on any atom is 0.306 e. The van der Waals surface area contributed by atoms with Gasteiger partial charge in [0.1, 0.15) is 13.2 Å². The molecule has 68 heavy (non-hydrogen) atoms. The number of carbonyl (C=O) groups excluding carboxylic acids is 3. The van der Waals surface area contributed by atoms with Crippen molar-refractivity contribution in [3.05, 3.63) is 48.6 Å². The van der Waals surface area contributed by atoms with Crippen LogP contribution in [0, 0.1) is 0 Å². The topological polar surface area (TPSA) is 78.9 Å². The highest BCUT2D eigenvalue weighted by Gasteiger charge is 2.19. The van der Waals surface area contributed by atoms with E-state index in [2.05, 4.69) is 69.4 Å². The molecule has 0 saturated heterocycles. The van der Waals surface area contributed by atoms with Crippen molar-refractivity contribution in [3.8, 4) is 0 Å². The summed E-state index contributed by atoms with van der Waals surface area (Å²) in [5, 5.41) is 0. The van der Waals surface area contributed by atoms with Crippen LogP contribution in [-0.4, -0.2) is 37.2 Å². The van der Waals surface area contributed by atoms with Gasteiger partial charge in [-0.15, -0.1) is 0 Å². The standard InChI is InChI=1S/C62H112O6/c1-4-7-10-13-16-19-22-25-27-29-31-33-35-37-40-43-46-49-52-55-61(64)67-58-59(57-66-60(63)54-51-48-45-42-39-24-21-18-15-12-9-6-3)68-62(65)56-53-50-47-44-41-38-36-34-32-30-28-26-23-20-17-14-11-8-5-2/h16,19,25-28,31,33,59H,4-15,17-18,20-24,29-30,32,34-58H2,1-3H3/b19-16-,27-25-,28-26-,33-31-. The van der Waals surface area contributed by atoms with Crippen LogP contribution < -0.4 is 0 Å².